The molecule has 0 aliphatic carbocycles. The fourth-order valence-corrected chi connectivity index (χ4v) is 3.38. The first-order valence-corrected chi connectivity index (χ1v) is 9.22. The third-order valence-corrected chi connectivity index (χ3v) is 4.96. The summed E-state index contributed by atoms with van der Waals surface area (Å²) in [4.78, 5) is 32.9. The number of esters is 1. The smallest absolute Gasteiger partial charge is 0.375 e. The second-order valence-corrected chi connectivity index (χ2v) is 6.68. The average Bonchev–Trinajstić information content (AvgIpc) is 3.09. The van der Waals surface area contributed by atoms with Crippen LogP contribution in [0.5, 0.6) is 0 Å². The zero-order valence-corrected chi connectivity index (χ0v) is 15.6. The highest BCUT2D eigenvalue weighted by Crippen LogP contribution is 2.25. The van der Waals surface area contributed by atoms with Crippen LogP contribution in [0.2, 0.25) is 0 Å². The number of aryl methyl sites for hydroxylation is 1. The van der Waals surface area contributed by atoms with E-state index in [1.54, 1.807) is 24.1 Å². The standard InChI is InChI=1S/C21H21N3O4/c1-15-16-6-2-3-7-17(16)28-20(15)21(26)27-14-19(25)24-12-10-23(11-13-24)18-8-4-5-9-22-18/h2-9H,10-14H2,1H3. The molecule has 1 aromatic carbocycles. The molecule has 7 heteroatoms. The number of hydrogen-bond donors (Lipinski definition) is 0. The number of rotatable bonds is 4. The summed E-state index contributed by atoms with van der Waals surface area (Å²) >= 11 is 0. The van der Waals surface area contributed by atoms with Gasteiger partial charge < -0.3 is 19.0 Å². The Morgan fingerprint density at radius 3 is 2.54 bits per heavy atom. The minimum atomic E-state index is -0.617. The molecule has 1 aliphatic heterocycles. The van der Waals surface area contributed by atoms with Crippen molar-refractivity contribution >= 4 is 28.7 Å². The average molecular weight is 379 g/mol. The van der Waals surface area contributed by atoms with Crippen molar-refractivity contribution < 1.29 is 18.7 Å². The Hall–Kier alpha value is -3.35. The van der Waals surface area contributed by atoms with Crippen LogP contribution in [-0.2, 0) is 9.53 Å². The predicted octanol–water partition coefficient (Wildman–Crippen LogP) is 2.64. The Balaban J connectivity index is 1.32. The van der Waals surface area contributed by atoms with E-state index in [2.05, 4.69) is 9.88 Å². The van der Waals surface area contributed by atoms with Gasteiger partial charge in [0.15, 0.2) is 6.61 Å². The van der Waals surface area contributed by atoms with E-state index in [0.29, 0.717) is 31.8 Å². The van der Waals surface area contributed by atoms with Crippen LogP contribution in [0.25, 0.3) is 11.0 Å². The number of piperazine rings is 1. The van der Waals surface area contributed by atoms with E-state index in [1.807, 2.05) is 36.4 Å². The minimum absolute atomic E-state index is 0.147. The van der Waals surface area contributed by atoms with Crippen LogP contribution in [0.15, 0.2) is 53.1 Å². The van der Waals surface area contributed by atoms with Crippen molar-refractivity contribution in [2.75, 3.05) is 37.7 Å². The Morgan fingerprint density at radius 2 is 1.82 bits per heavy atom. The van der Waals surface area contributed by atoms with Gasteiger partial charge >= 0.3 is 5.97 Å². The number of carbonyl (C=O) groups excluding carboxylic acids is 2. The minimum Gasteiger partial charge on any atom is -0.450 e. The van der Waals surface area contributed by atoms with Gasteiger partial charge in [-0.1, -0.05) is 24.3 Å². The molecule has 3 heterocycles. The van der Waals surface area contributed by atoms with Crippen LogP contribution < -0.4 is 4.90 Å². The van der Waals surface area contributed by atoms with Crippen molar-refractivity contribution in [2.24, 2.45) is 0 Å². The number of para-hydroxylation sites is 1. The predicted molar refractivity (Wildman–Crippen MR) is 104 cm³/mol. The molecule has 3 aromatic rings. The van der Waals surface area contributed by atoms with Gasteiger partial charge in [0.25, 0.3) is 5.91 Å². The molecule has 7 nitrogen and oxygen atoms in total. The third kappa shape index (κ3) is 3.55. The summed E-state index contributed by atoms with van der Waals surface area (Å²) in [5.41, 5.74) is 1.35. The number of nitrogens with zero attached hydrogens (tertiary/aromatic N) is 3. The zero-order chi connectivity index (χ0) is 19.5. The molecular formula is C21H21N3O4. The van der Waals surface area contributed by atoms with Crippen LogP contribution in [0.4, 0.5) is 5.82 Å². The number of hydrogen-bond acceptors (Lipinski definition) is 6. The lowest BCUT2D eigenvalue weighted by molar-refractivity contribution is -0.134. The quantitative estimate of drug-likeness (QED) is 0.649. The lowest BCUT2D eigenvalue weighted by Gasteiger charge is -2.35. The van der Waals surface area contributed by atoms with Crippen molar-refractivity contribution in [1.29, 1.82) is 0 Å². The summed E-state index contributed by atoms with van der Waals surface area (Å²) in [7, 11) is 0. The summed E-state index contributed by atoms with van der Waals surface area (Å²) in [5.74, 6) is 0.229. The molecule has 0 unspecified atom stereocenters. The van der Waals surface area contributed by atoms with Gasteiger partial charge in [0.1, 0.15) is 11.4 Å². The number of ether oxygens (including phenoxy) is 1. The van der Waals surface area contributed by atoms with Gasteiger partial charge in [-0.05, 0) is 25.1 Å². The lowest BCUT2D eigenvalue weighted by Crippen LogP contribution is -2.50. The summed E-state index contributed by atoms with van der Waals surface area (Å²) in [6, 6.07) is 13.2. The van der Waals surface area contributed by atoms with Gasteiger partial charge in [0, 0.05) is 43.3 Å². The number of anilines is 1. The molecule has 0 saturated carbocycles. The number of pyridine rings is 1. The van der Waals surface area contributed by atoms with Crippen LogP contribution in [0.3, 0.4) is 0 Å². The molecule has 2 aromatic heterocycles. The number of furan rings is 1. The van der Waals surface area contributed by atoms with E-state index >= 15 is 0 Å². The second kappa shape index (κ2) is 7.72. The Morgan fingerprint density at radius 1 is 1.07 bits per heavy atom. The van der Waals surface area contributed by atoms with Gasteiger partial charge in [-0.3, -0.25) is 4.79 Å². The molecule has 0 atom stereocenters. The van der Waals surface area contributed by atoms with E-state index in [4.69, 9.17) is 9.15 Å². The fraction of sp³-hybridized carbons (Fsp3) is 0.286. The number of amides is 1. The highest BCUT2D eigenvalue weighted by atomic mass is 16.5. The van der Waals surface area contributed by atoms with Crippen molar-refractivity contribution in [3.63, 3.8) is 0 Å². The maximum Gasteiger partial charge on any atom is 0.375 e. The summed E-state index contributed by atoms with van der Waals surface area (Å²) < 4.78 is 10.8. The van der Waals surface area contributed by atoms with E-state index in [-0.39, 0.29) is 18.3 Å². The molecule has 4 rings (SSSR count). The Labute approximate surface area is 162 Å². The number of benzene rings is 1. The summed E-state index contributed by atoms with van der Waals surface area (Å²) in [6.45, 7) is 4.03. The van der Waals surface area contributed by atoms with Gasteiger partial charge in [0.05, 0.1) is 0 Å². The molecule has 1 fully saturated rings. The van der Waals surface area contributed by atoms with Crippen molar-refractivity contribution in [3.05, 3.63) is 60.0 Å². The maximum absolute atomic E-state index is 12.4. The van der Waals surface area contributed by atoms with Gasteiger partial charge in [-0.25, -0.2) is 9.78 Å². The molecule has 0 radical (unpaired) electrons. The third-order valence-electron chi connectivity index (χ3n) is 4.96. The highest BCUT2D eigenvalue weighted by Gasteiger charge is 2.24. The monoisotopic (exact) mass is 379 g/mol. The molecular weight excluding hydrogens is 358 g/mol. The molecule has 1 aliphatic rings. The van der Waals surface area contributed by atoms with Gasteiger partial charge in [-0.15, -0.1) is 0 Å². The van der Waals surface area contributed by atoms with Crippen molar-refractivity contribution in [3.8, 4) is 0 Å². The Kier molecular flexibility index (Phi) is 4.97. The SMILES string of the molecule is Cc1c(C(=O)OCC(=O)N2CCN(c3ccccn3)CC2)oc2ccccc12. The van der Waals surface area contributed by atoms with Crippen LogP contribution in [0.1, 0.15) is 16.1 Å². The van der Waals surface area contributed by atoms with Crippen LogP contribution >= 0.6 is 0 Å². The molecule has 0 spiro atoms. The first-order chi connectivity index (χ1) is 13.6. The first kappa shape index (κ1) is 18.0. The molecule has 28 heavy (non-hydrogen) atoms. The molecule has 1 amide bonds. The molecule has 0 N–H and O–H groups in total. The van der Waals surface area contributed by atoms with Crippen molar-refractivity contribution in [2.45, 2.75) is 6.92 Å². The lowest BCUT2D eigenvalue weighted by atomic mass is 10.1. The van der Waals surface area contributed by atoms with Gasteiger partial charge in [0.2, 0.25) is 5.76 Å². The van der Waals surface area contributed by atoms with E-state index in [0.717, 1.165) is 16.8 Å². The van der Waals surface area contributed by atoms with Crippen molar-refractivity contribution in [1.82, 2.24) is 9.88 Å². The first-order valence-electron chi connectivity index (χ1n) is 9.22. The zero-order valence-electron chi connectivity index (χ0n) is 15.6. The molecule has 0 bridgehead atoms. The number of fused-ring (bicyclic) bond motifs is 1. The Bertz CT molecular complexity index is 991. The molecule has 1 saturated heterocycles. The van der Waals surface area contributed by atoms with E-state index in [1.165, 1.54) is 0 Å². The van der Waals surface area contributed by atoms with Crippen LogP contribution in [0, 0.1) is 6.92 Å². The highest BCUT2D eigenvalue weighted by molar-refractivity contribution is 5.96. The topological polar surface area (TPSA) is 75.9 Å². The van der Waals surface area contributed by atoms with Crippen LogP contribution in [-0.4, -0.2) is 54.5 Å². The largest absolute Gasteiger partial charge is 0.450 e. The summed E-state index contributed by atoms with van der Waals surface area (Å²) in [6.07, 6.45) is 1.76. The molecule has 144 valence electrons. The second-order valence-electron chi connectivity index (χ2n) is 6.68. The normalized spacial score (nSPS) is 14.3. The van der Waals surface area contributed by atoms with E-state index in [9.17, 15) is 9.59 Å². The summed E-state index contributed by atoms with van der Waals surface area (Å²) in [5, 5.41) is 0.867. The number of carbonyl (C=O) groups is 2. The number of aromatic nitrogens is 1. The fourth-order valence-electron chi connectivity index (χ4n) is 3.38. The van der Waals surface area contributed by atoms with Gasteiger partial charge in [-0.2, -0.15) is 0 Å². The maximum atomic E-state index is 12.4. The van der Waals surface area contributed by atoms with E-state index < -0.39 is 5.97 Å².